The zero-order chi connectivity index (χ0) is 49.4. The van der Waals surface area contributed by atoms with Gasteiger partial charge in [-0.1, -0.05) is 76.9 Å². The molecule has 0 radical (unpaired) electrons. The number of hydrogen-bond donors (Lipinski definition) is 1. The van der Waals surface area contributed by atoms with Crippen molar-refractivity contribution >= 4 is 34.5 Å². The summed E-state index contributed by atoms with van der Waals surface area (Å²) in [5, 5.41) is 2.69. The quantitative estimate of drug-likeness (QED) is 0.0677. The number of aromatic nitrogens is 2. The van der Waals surface area contributed by atoms with Crippen molar-refractivity contribution in [3.8, 4) is 23.0 Å². The molecule has 0 spiro atoms. The molecule has 11 heteroatoms. The number of aromatic amines is 1. The number of nitrogens with one attached hydrogen (secondary N) is 1. The number of methoxy groups -OCH3 is 5. The van der Waals surface area contributed by atoms with Crippen LogP contribution in [0.4, 0.5) is 0 Å². The van der Waals surface area contributed by atoms with Gasteiger partial charge in [-0.15, -0.1) is 0 Å². The number of nitrogens with zero attached hydrogens (tertiary/aromatic N) is 5. The van der Waals surface area contributed by atoms with Gasteiger partial charge in [-0.3, -0.25) is 9.98 Å². The maximum absolute atomic E-state index is 5.71. The normalized spacial score (nSPS) is 16.9. The number of ether oxygens (including phenoxy) is 5. The maximum atomic E-state index is 5.71. The summed E-state index contributed by atoms with van der Waals surface area (Å²) in [6.45, 7) is 20.2. The number of rotatable bonds is 18. The van der Waals surface area contributed by atoms with Gasteiger partial charge in [0.05, 0.1) is 70.8 Å². The van der Waals surface area contributed by atoms with Crippen molar-refractivity contribution in [2.75, 3.05) is 48.6 Å². The first-order valence-corrected chi connectivity index (χ1v) is 25.1. The molecule has 0 aliphatic carbocycles. The minimum Gasteiger partial charge on any atom is -0.493 e. The SMILES string of the molecule is CCC(N=CN1CCc2c([nH]c3ccc(C)cc23)C1Cc1ccc(OC)c(OC)c1)C(C)C.CCC(N=CN1CCc2c(n(COC)c3ccc(C)cc23)C1Cc1ccc(OC)c(OC)c1)C(C)C. The summed E-state index contributed by atoms with van der Waals surface area (Å²) in [4.78, 5) is 18.7. The van der Waals surface area contributed by atoms with Crippen LogP contribution in [0.2, 0.25) is 0 Å². The van der Waals surface area contributed by atoms with E-state index in [2.05, 4.69) is 148 Å². The van der Waals surface area contributed by atoms with Gasteiger partial charge in [-0.05, 0) is 135 Å². The standard InChI is InChI=1S/C30H41N3O3.C28H37N3O2/c1-8-25(20(2)3)31-18-32-14-13-23-24-15-21(4)9-11-26(24)33(19-34-5)30(23)27(32)16-22-10-12-28(35-6)29(17-22)36-7;1-7-23(18(2)3)29-17-31-13-12-21-22-14-19(4)8-10-24(22)30-28(21)25(31)15-20-9-11-26(32-5)27(16-20)33-6/h9-12,15,17-18,20,25,27H,8,13-14,16,19H2,1-7H3;8-11,14,16-18,23,25,30H,7,12-13,15H2,1-6H3. The van der Waals surface area contributed by atoms with E-state index in [4.69, 9.17) is 33.7 Å². The first-order valence-electron chi connectivity index (χ1n) is 25.1. The van der Waals surface area contributed by atoms with Gasteiger partial charge in [0.2, 0.25) is 0 Å². The highest BCUT2D eigenvalue weighted by molar-refractivity contribution is 5.88. The molecule has 1 N–H and O–H groups in total. The second-order valence-electron chi connectivity index (χ2n) is 19.6. The number of fused-ring (bicyclic) bond motifs is 6. The summed E-state index contributed by atoms with van der Waals surface area (Å²) in [7, 11) is 8.50. The average Bonchev–Trinajstić information content (AvgIpc) is 3.87. The van der Waals surface area contributed by atoms with Crippen LogP contribution >= 0.6 is 0 Å². The summed E-state index contributed by atoms with van der Waals surface area (Å²) in [5.74, 6) is 4.07. The van der Waals surface area contributed by atoms with Gasteiger partial charge in [0.1, 0.15) is 6.73 Å². The molecule has 0 fully saturated rings. The average molecular weight is 939 g/mol. The Bertz CT molecular complexity index is 2710. The number of H-pyrrole nitrogens is 1. The van der Waals surface area contributed by atoms with E-state index in [1.54, 1.807) is 35.5 Å². The van der Waals surface area contributed by atoms with Crippen LogP contribution in [-0.2, 0) is 37.2 Å². The zero-order valence-corrected chi connectivity index (χ0v) is 43.7. The van der Waals surface area contributed by atoms with E-state index in [0.29, 0.717) is 30.7 Å². The van der Waals surface area contributed by atoms with E-state index < -0.39 is 0 Å². The van der Waals surface area contributed by atoms with Crippen molar-refractivity contribution in [3.05, 3.63) is 118 Å². The first kappa shape index (κ1) is 50.9. The van der Waals surface area contributed by atoms with Gasteiger partial charge in [-0.25, -0.2) is 0 Å². The number of benzene rings is 4. The first-order chi connectivity index (χ1) is 33.4. The fourth-order valence-electron chi connectivity index (χ4n) is 10.5. The van der Waals surface area contributed by atoms with Crippen molar-refractivity contribution < 1.29 is 23.7 Å². The van der Waals surface area contributed by atoms with Crippen LogP contribution in [0, 0.1) is 25.7 Å². The lowest BCUT2D eigenvalue weighted by Crippen LogP contribution is -2.37. The highest BCUT2D eigenvalue weighted by Crippen LogP contribution is 2.41. The molecular formula is C58H78N6O5. The molecule has 0 saturated carbocycles. The Balaban J connectivity index is 0.000000205. The molecule has 6 aromatic rings. The third-order valence-corrected chi connectivity index (χ3v) is 14.4. The molecule has 2 aliphatic rings. The van der Waals surface area contributed by atoms with E-state index in [0.717, 1.165) is 74.6 Å². The van der Waals surface area contributed by atoms with Gasteiger partial charge in [0.15, 0.2) is 23.0 Å². The highest BCUT2D eigenvalue weighted by Gasteiger charge is 2.33. The molecule has 4 unspecified atom stereocenters. The zero-order valence-electron chi connectivity index (χ0n) is 43.7. The van der Waals surface area contributed by atoms with E-state index >= 15 is 0 Å². The summed E-state index contributed by atoms with van der Waals surface area (Å²) >= 11 is 0. The Labute approximate surface area is 411 Å². The number of aliphatic imine (C=N–C) groups is 2. The molecule has 0 amide bonds. The number of aryl methyl sites for hydroxylation is 2. The molecule has 69 heavy (non-hydrogen) atoms. The van der Waals surface area contributed by atoms with E-state index in [-0.39, 0.29) is 12.1 Å². The van der Waals surface area contributed by atoms with Crippen LogP contribution in [0.25, 0.3) is 21.8 Å². The topological polar surface area (TPSA) is 98.1 Å². The fourth-order valence-corrected chi connectivity index (χ4v) is 10.5. The van der Waals surface area contributed by atoms with Crippen molar-refractivity contribution in [2.24, 2.45) is 21.8 Å². The van der Waals surface area contributed by atoms with Crippen LogP contribution in [0.5, 0.6) is 23.0 Å². The Kier molecular flexibility index (Phi) is 17.1. The van der Waals surface area contributed by atoms with Crippen LogP contribution in [-0.4, -0.2) is 92.8 Å². The molecule has 2 aromatic heterocycles. The van der Waals surface area contributed by atoms with E-state index in [1.165, 1.54) is 66.6 Å². The van der Waals surface area contributed by atoms with Crippen LogP contribution in [0.3, 0.4) is 0 Å². The third kappa shape index (κ3) is 11.3. The van der Waals surface area contributed by atoms with Crippen LogP contribution < -0.4 is 18.9 Å². The van der Waals surface area contributed by atoms with Crippen LogP contribution in [0.1, 0.15) is 111 Å². The summed E-state index contributed by atoms with van der Waals surface area (Å²) in [6.07, 6.45) is 10.0. The van der Waals surface area contributed by atoms with Crippen LogP contribution in [0.15, 0.2) is 82.8 Å². The van der Waals surface area contributed by atoms with Gasteiger partial charge in [0, 0.05) is 47.9 Å². The monoisotopic (exact) mass is 939 g/mol. The van der Waals surface area contributed by atoms with Crippen molar-refractivity contribution in [2.45, 2.75) is 125 Å². The predicted molar refractivity (Wildman–Crippen MR) is 284 cm³/mol. The van der Waals surface area contributed by atoms with E-state index in [1.807, 2.05) is 12.1 Å². The second kappa shape index (κ2) is 23.1. The molecular weight excluding hydrogens is 861 g/mol. The lowest BCUT2D eigenvalue weighted by molar-refractivity contribution is 0.127. The lowest BCUT2D eigenvalue weighted by Gasteiger charge is -2.36. The molecule has 0 bridgehead atoms. The highest BCUT2D eigenvalue weighted by atomic mass is 16.5. The second-order valence-corrected chi connectivity index (χ2v) is 19.6. The van der Waals surface area contributed by atoms with Crippen molar-refractivity contribution in [1.82, 2.24) is 19.4 Å². The van der Waals surface area contributed by atoms with Gasteiger partial charge < -0.3 is 43.0 Å². The largest absolute Gasteiger partial charge is 0.493 e. The molecule has 370 valence electrons. The molecule has 4 atom stereocenters. The molecule has 4 aromatic carbocycles. The Morgan fingerprint density at radius 2 is 1.12 bits per heavy atom. The predicted octanol–water partition coefficient (Wildman–Crippen LogP) is 12.3. The Morgan fingerprint density at radius 3 is 1.64 bits per heavy atom. The fraction of sp³-hybridized carbons (Fsp3) is 0.483. The van der Waals surface area contributed by atoms with E-state index in [9.17, 15) is 0 Å². The van der Waals surface area contributed by atoms with Gasteiger partial charge >= 0.3 is 0 Å². The smallest absolute Gasteiger partial charge is 0.160 e. The Hall–Kier alpha value is -5.94. The molecule has 11 nitrogen and oxygen atoms in total. The third-order valence-electron chi connectivity index (χ3n) is 14.4. The molecule has 0 saturated heterocycles. The summed E-state index contributed by atoms with van der Waals surface area (Å²) in [6, 6.07) is 26.9. The summed E-state index contributed by atoms with van der Waals surface area (Å²) < 4.78 is 30.2. The van der Waals surface area contributed by atoms with Gasteiger partial charge in [0.25, 0.3) is 0 Å². The molecule has 8 rings (SSSR count). The van der Waals surface area contributed by atoms with Crippen molar-refractivity contribution in [3.63, 3.8) is 0 Å². The maximum Gasteiger partial charge on any atom is 0.160 e. The minimum absolute atomic E-state index is 0.128. The Morgan fingerprint density at radius 1 is 0.609 bits per heavy atom. The van der Waals surface area contributed by atoms with Crippen molar-refractivity contribution in [1.29, 1.82) is 0 Å². The molecule has 2 aliphatic heterocycles. The molecule has 4 heterocycles. The van der Waals surface area contributed by atoms with Gasteiger partial charge in [-0.2, -0.15) is 0 Å². The minimum atomic E-state index is 0.128. The summed E-state index contributed by atoms with van der Waals surface area (Å²) in [5.41, 5.74) is 12.9. The lowest BCUT2D eigenvalue weighted by atomic mass is 9.92. The number of hydrogen-bond acceptors (Lipinski definition) is 7.